The van der Waals surface area contributed by atoms with E-state index in [1.807, 2.05) is 19.1 Å². The first-order valence-corrected chi connectivity index (χ1v) is 6.65. The third-order valence-corrected chi connectivity index (χ3v) is 3.73. The molecule has 1 fully saturated rings. The van der Waals surface area contributed by atoms with Crippen molar-refractivity contribution in [3.8, 4) is 0 Å². The van der Waals surface area contributed by atoms with Gasteiger partial charge in [0.25, 0.3) is 0 Å². The Kier molecular flexibility index (Phi) is 4.00. The van der Waals surface area contributed by atoms with Crippen molar-refractivity contribution in [3.05, 3.63) is 34.3 Å². The Morgan fingerprint density at radius 3 is 2.25 bits per heavy atom. The zero-order valence-corrected chi connectivity index (χ0v) is 11.2. The first-order chi connectivity index (χ1) is 7.68. The molecule has 0 aliphatic carbocycles. The predicted octanol–water partition coefficient (Wildman–Crippen LogP) is 2.97. The maximum atomic E-state index is 9.94. The van der Waals surface area contributed by atoms with E-state index >= 15 is 0 Å². The fourth-order valence-corrected chi connectivity index (χ4v) is 2.74. The third-order valence-electron chi connectivity index (χ3n) is 3.20. The first-order valence-electron chi connectivity index (χ1n) is 5.86. The maximum absolute atomic E-state index is 9.94. The summed E-state index contributed by atoms with van der Waals surface area (Å²) in [6.45, 7) is 4.09. The molecular formula is C13H18BrNO. The Hall–Kier alpha value is -0.380. The number of nitrogens with zero attached hydrogens (tertiary/aromatic N) is 1. The molecule has 0 amide bonds. The van der Waals surface area contributed by atoms with Crippen molar-refractivity contribution >= 4 is 15.9 Å². The Morgan fingerprint density at radius 2 is 1.75 bits per heavy atom. The van der Waals surface area contributed by atoms with Crippen LogP contribution in [0.3, 0.4) is 0 Å². The van der Waals surface area contributed by atoms with Crippen LogP contribution in [0.2, 0.25) is 0 Å². The maximum Gasteiger partial charge on any atom is 0.0708 e. The van der Waals surface area contributed by atoms with Crippen LogP contribution >= 0.6 is 15.9 Å². The number of benzene rings is 1. The minimum Gasteiger partial charge on any atom is -0.391 e. The lowest BCUT2D eigenvalue weighted by Crippen LogP contribution is -2.33. The average molecular weight is 284 g/mol. The van der Waals surface area contributed by atoms with Gasteiger partial charge in [-0.1, -0.05) is 28.1 Å². The van der Waals surface area contributed by atoms with Crippen LogP contribution in [0.5, 0.6) is 0 Å². The zero-order chi connectivity index (χ0) is 11.5. The molecule has 2 nitrogen and oxygen atoms in total. The molecule has 1 saturated heterocycles. The van der Waals surface area contributed by atoms with E-state index in [2.05, 4.69) is 33.0 Å². The molecule has 1 aromatic carbocycles. The molecule has 1 aromatic rings. The summed E-state index contributed by atoms with van der Waals surface area (Å²) >= 11 is 3.44. The molecule has 2 atom stereocenters. The van der Waals surface area contributed by atoms with Crippen LogP contribution in [-0.2, 0) is 0 Å². The molecule has 0 saturated carbocycles. The van der Waals surface area contributed by atoms with Crippen LogP contribution in [0, 0.1) is 0 Å². The molecule has 0 spiro atoms. The molecule has 0 bridgehead atoms. The zero-order valence-electron chi connectivity index (χ0n) is 9.56. The lowest BCUT2D eigenvalue weighted by atomic mass is 10.0. The number of aliphatic hydroxyl groups excluding tert-OH is 1. The van der Waals surface area contributed by atoms with Crippen molar-refractivity contribution < 1.29 is 5.11 Å². The van der Waals surface area contributed by atoms with Crippen LogP contribution in [0.4, 0.5) is 0 Å². The summed E-state index contributed by atoms with van der Waals surface area (Å²) in [4.78, 5) is 2.38. The molecule has 0 unspecified atom stereocenters. The number of hydrogen-bond acceptors (Lipinski definition) is 2. The van der Waals surface area contributed by atoms with E-state index < -0.39 is 0 Å². The molecule has 1 heterocycles. The van der Waals surface area contributed by atoms with E-state index in [9.17, 15) is 5.11 Å². The van der Waals surface area contributed by atoms with Gasteiger partial charge in [0.2, 0.25) is 0 Å². The summed E-state index contributed by atoms with van der Waals surface area (Å²) in [5.41, 5.74) is 1.21. The first kappa shape index (κ1) is 12.1. The van der Waals surface area contributed by atoms with Gasteiger partial charge in [-0.05, 0) is 50.6 Å². The molecule has 0 aromatic heterocycles. The molecule has 1 aliphatic heterocycles. The summed E-state index contributed by atoms with van der Waals surface area (Å²) in [5.74, 6) is 0. The van der Waals surface area contributed by atoms with E-state index in [1.54, 1.807) is 0 Å². The highest BCUT2D eigenvalue weighted by Crippen LogP contribution is 2.28. The Balaban J connectivity index is 2.21. The average Bonchev–Trinajstić information content (AvgIpc) is 2.74. The summed E-state index contributed by atoms with van der Waals surface area (Å²) in [6.07, 6.45) is 2.18. The molecule has 16 heavy (non-hydrogen) atoms. The normalized spacial score (nSPS) is 20.9. The van der Waals surface area contributed by atoms with Crippen LogP contribution < -0.4 is 0 Å². The number of halogens is 1. The molecule has 1 aliphatic rings. The van der Waals surface area contributed by atoms with Gasteiger partial charge in [0.1, 0.15) is 0 Å². The highest BCUT2D eigenvalue weighted by Gasteiger charge is 2.26. The summed E-state index contributed by atoms with van der Waals surface area (Å²) in [7, 11) is 0. The standard InChI is InChI=1S/C13H18BrNO/c1-10(16)13(15-8-2-3-9-15)11-4-6-12(14)7-5-11/h4-7,10,13,16H,2-3,8-9H2,1H3/t10-,13-/m0/s1. The number of hydrogen-bond donors (Lipinski definition) is 1. The Labute approximate surface area is 105 Å². The highest BCUT2D eigenvalue weighted by atomic mass is 79.9. The fraction of sp³-hybridized carbons (Fsp3) is 0.538. The summed E-state index contributed by atoms with van der Waals surface area (Å²) in [5, 5.41) is 9.94. The van der Waals surface area contributed by atoms with E-state index in [-0.39, 0.29) is 12.1 Å². The number of aliphatic hydroxyl groups is 1. The van der Waals surface area contributed by atoms with Crippen molar-refractivity contribution in [1.82, 2.24) is 4.90 Å². The summed E-state index contributed by atoms with van der Waals surface area (Å²) < 4.78 is 1.09. The predicted molar refractivity (Wildman–Crippen MR) is 69.4 cm³/mol. The van der Waals surface area contributed by atoms with Gasteiger partial charge in [-0.15, -0.1) is 0 Å². The molecule has 2 rings (SSSR count). The van der Waals surface area contributed by atoms with Gasteiger partial charge >= 0.3 is 0 Å². The van der Waals surface area contributed by atoms with Crippen molar-refractivity contribution in [2.75, 3.05) is 13.1 Å². The van der Waals surface area contributed by atoms with Crippen molar-refractivity contribution in [2.45, 2.75) is 31.9 Å². The smallest absolute Gasteiger partial charge is 0.0708 e. The minimum absolute atomic E-state index is 0.149. The van der Waals surface area contributed by atoms with Gasteiger partial charge < -0.3 is 5.11 Å². The highest BCUT2D eigenvalue weighted by molar-refractivity contribution is 9.10. The lowest BCUT2D eigenvalue weighted by molar-refractivity contribution is 0.0749. The largest absolute Gasteiger partial charge is 0.391 e. The van der Waals surface area contributed by atoms with Crippen molar-refractivity contribution in [2.24, 2.45) is 0 Å². The van der Waals surface area contributed by atoms with Crippen LogP contribution in [0.15, 0.2) is 28.7 Å². The molecule has 1 N–H and O–H groups in total. The fourth-order valence-electron chi connectivity index (χ4n) is 2.47. The van der Waals surface area contributed by atoms with E-state index in [0.29, 0.717) is 0 Å². The third kappa shape index (κ3) is 2.65. The van der Waals surface area contributed by atoms with Gasteiger partial charge in [-0.25, -0.2) is 0 Å². The van der Waals surface area contributed by atoms with E-state index in [0.717, 1.165) is 17.6 Å². The lowest BCUT2D eigenvalue weighted by Gasteiger charge is -2.30. The van der Waals surface area contributed by atoms with Gasteiger partial charge in [0.05, 0.1) is 12.1 Å². The van der Waals surface area contributed by atoms with Gasteiger partial charge in [-0.2, -0.15) is 0 Å². The van der Waals surface area contributed by atoms with Crippen molar-refractivity contribution in [1.29, 1.82) is 0 Å². The van der Waals surface area contributed by atoms with Gasteiger partial charge in [0, 0.05) is 4.47 Å². The van der Waals surface area contributed by atoms with Crippen LogP contribution in [-0.4, -0.2) is 29.2 Å². The molecule has 0 radical (unpaired) electrons. The van der Waals surface area contributed by atoms with Gasteiger partial charge in [0.15, 0.2) is 0 Å². The Bertz CT molecular complexity index is 330. The molecule has 88 valence electrons. The summed E-state index contributed by atoms with van der Waals surface area (Å²) in [6, 6.07) is 8.43. The van der Waals surface area contributed by atoms with E-state index in [1.165, 1.54) is 18.4 Å². The second kappa shape index (κ2) is 5.30. The molecular weight excluding hydrogens is 266 g/mol. The monoisotopic (exact) mass is 283 g/mol. The quantitative estimate of drug-likeness (QED) is 0.922. The second-order valence-corrected chi connectivity index (χ2v) is 5.40. The number of rotatable bonds is 3. The van der Waals surface area contributed by atoms with Crippen molar-refractivity contribution in [3.63, 3.8) is 0 Å². The second-order valence-electron chi connectivity index (χ2n) is 4.48. The Morgan fingerprint density at radius 1 is 1.19 bits per heavy atom. The SMILES string of the molecule is C[C@H](O)[C@@H](c1ccc(Br)cc1)N1CCCC1. The van der Waals surface area contributed by atoms with Crippen LogP contribution in [0.25, 0.3) is 0 Å². The van der Waals surface area contributed by atoms with Gasteiger partial charge in [-0.3, -0.25) is 4.90 Å². The van der Waals surface area contributed by atoms with Crippen LogP contribution in [0.1, 0.15) is 31.4 Å². The van der Waals surface area contributed by atoms with E-state index in [4.69, 9.17) is 0 Å². The topological polar surface area (TPSA) is 23.5 Å². The number of likely N-dealkylation sites (tertiary alicyclic amines) is 1. The molecule has 3 heteroatoms. The minimum atomic E-state index is -0.320.